The number of ether oxygens (including phenoxy) is 1. The van der Waals surface area contributed by atoms with Crippen LogP contribution >= 0.6 is 0 Å². The van der Waals surface area contributed by atoms with E-state index in [0.717, 1.165) is 29.7 Å². The quantitative estimate of drug-likeness (QED) is 0.810. The van der Waals surface area contributed by atoms with E-state index in [9.17, 15) is 4.79 Å². The van der Waals surface area contributed by atoms with E-state index in [4.69, 9.17) is 10.5 Å². The number of nitrogens with one attached hydrogen (secondary N) is 1. The molecule has 1 aromatic rings. The van der Waals surface area contributed by atoms with Gasteiger partial charge in [-0.2, -0.15) is 0 Å². The van der Waals surface area contributed by atoms with E-state index in [1.54, 1.807) is 0 Å². The summed E-state index contributed by atoms with van der Waals surface area (Å²) in [6, 6.07) is 4.59. The molecule has 21 heavy (non-hydrogen) atoms. The number of hydrogen-bond donors (Lipinski definition) is 2. The molecule has 0 saturated heterocycles. The molecule has 3 N–H and O–H groups in total. The molecule has 1 aliphatic rings. The number of carbonyl (C=O) groups is 1. The van der Waals surface area contributed by atoms with Gasteiger partial charge in [0, 0.05) is 12.5 Å². The van der Waals surface area contributed by atoms with Gasteiger partial charge in [-0.05, 0) is 57.2 Å². The van der Waals surface area contributed by atoms with Crippen LogP contribution in [0.4, 0.5) is 0 Å². The van der Waals surface area contributed by atoms with Crippen LogP contribution < -0.4 is 15.8 Å². The van der Waals surface area contributed by atoms with Crippen molar-refractivity contribution in [1.29, 1.82) is 0 Å². The molecule has 0 bridgehead atoms. The molecule has 1 aromatic carbocycles. The van der Waals surface area contributed by atoms with Crippen molar-refractivity contribution in [2.24, 2.45) is 5.73 Å². The lowest BCUT2D eigenvalue weighted by Crippen LogP contribution is -2.54. The molecule has 1 fully saturated rings. The van der Waals surface area contributed by atoms with E-state index in [1.807, 2.05) is 13.8 Å². The molecule has 0 spiro atoms. The first-order valence-electron chi connectivity index (χ1n) is 7.61. The second-order valence-electron chi connectivity index (χ2n) is 6.37. The van der Waals surface area contributed by atoms with Crippen LogP contribution in [0.1, 0.15) is 42.9 Å². The number of hydrogen-bond acceptors (Lipinski definition) is 3. The zero-order valence-electron chi connectivity index (χ0n) is 13.5. The fraction of sp³-hybridized carbons (Fsp3) is 0.588. The van der Waals surface area contributed by atoms with Gasteiger partial charge >= 0.3 is 0 Å². The second kappa shape index (κ2) is 6.06. The number of carbonyl (C=O) groups excluding carboxylic acids is 1. The molecule has 4 heteroatoms. The molecule has 1 saturated carbocycles. The normalized spacial score (nSPS) is 17.3. The van der Waals surface area contributed by atoms with Crippen LogP contribution in [-0.4, -0.2) is 24.1 Å². The van der Waals surface area contributed by atoms with Crippen LogP contribution in [-0.2, 0) is 4.79 Å². The van der Waals surface area contributed by atoms with E-state index in [1.165, 1.54) is 5.56 Å². The summed E-state index contributed by atoms with van der Waals surface area (Å²) in [6.45, 7) is 8.52. The van der Waals surface area contributed by atoms with E-state index in [2.05, 4.69) is 31.3 Å². The number of benzene rings is 1. The molecular formula is C17H26N2O2. The largest absolute Gasteiger partial charge is 0.493 e. The first kappa shape index (κ1) is 15.8. The summed E-state index contributed by atoms with van der Waals surface area (Å²) in [4.78, 5) is 11.7. The third-order valence-corrected chi connectivity index (χ3v) is 4.37. The van der Waals surface area contributed by atoms with Crippen molar-refractivity contribution in [2.45, 2.75) is 58.5 Å². The summed E-state index contributed by atoms with van der Waals surface area (Å²) in [5.74, 6) is 0.615. The zero-order valence-corrected chi connectivity index (χ0v) is 13.5. The Hall–Kier alpha value is -1.55. The van der Waals surface area contributed by atoms with Gasteiger partial charge < -0.3 is 15.8 Å². The summed E-state index contributed by atoms with van der Waals surface area (Å²) in [5, 5.41) is 3.34. The third-order valence-electron chi connectivity index (χ3n) is 4.37. The van der Waals surface area contributed by atoms with Gasteiger partial charge in [-0.3, -0.25) is 4.79 Å². The minimum absolute atomic E-state index is 0.310. The lowest BCUT2D eigenvalue weighted by atomic mass is 9.97. The molecule has 0 radical (unpaired) electrons. The van der Waals surface area contributed by atoms with Gasteiger partial charge in [0.25, 0.3) is 0 Å². The van der Waals surface area contributed by atoms with E-state index in [-0.39, 0.29) is 5.91 Å². The Bertz CT molecular complexity index is 538. The summed E-state index contributed by atoms with van der Waals surface area (Å²) >= 11 is 0. The predicted molar refractivity (Wildman–Crippen MR) is 84.5 cm³/mol. The predicted octanol–water partition coefficient (Wildman–Crippen LogP) is 2.38. The molecule has 1 unspecified atom stereocenters. The summed E-state index contributed by atoms with van der Waals surface area (Å²) < 4.78 is 5.95. The Labute approximate surface area is 127 Å². The Morgan fingerprint density at radius 2 is 1.95 bits per heavy atom. The number of amides is 1. The van der Waals surface area contributed by atoms with Crippen molar-refractivity contribution >= 4 is 5.91 Å². The topological polar surface area (TPSA) is 64.3 Å². The molecular weight excluding hydrogens is 264 g/mol. The Balaban J connectivity index is 1.99. The molecule has 116 valence electrons. The summed E-state index contributed by atoms with van der Waals surface area (Å²) in [7, 11) is 0. The van der Waals surface area contributed by atoms with E-state index in [0.29, 0.717) is 19.1 Å². The van der Waals surface area contributed by atoms with Gasteiger partial charge in [0.2, 0.25) is 5.91 Å². The molecule has 0 aromatic heterocycles. The van der Waals surface area contributed by atoms with Crippen molar-refractivity contribution in [3.05, 3.63) is 28.8 Å². The maximum atomic E-state index is 11.7. The molecule has 0 heterocycles. The van der Waals surface area contributed by atoms with Crippen molar-refractivity contribution < 1.29 is 9.53 Å². The Morgan fingerprint density at radius 1 is 1.33 bits per heavy atom. The maximum absolute atomic E-state index is 11.7. The number of nitrogens with two attached hydrogens (primary N) is 1. The number of primary amides is 1. The highest BCUT2D eigenvalue weighted by Gasteiger charge is 2.36. The van der Waals surface area contributed by atoms with Gasteiger partial charge in [0.1, 0.15) is 5.75 Å². The van der Waals surface area contributed by atoms with Crippen LogP contribution in [0.25, 0.3) is 0 Å². The molecule has 1 amide bonds. The first-order valence-corrected chi connectivity index (χ1v) is 7.61. The third kappa shape index (κ3) is 3.76. The first-order chi connectivity index (χ1) is 9.83. The van der Waals surface area contributed by atoms with Gasteiger partial charge in [-0.25, -0.2) is 0 Å². The molecule has 1 aliphatic carbocycles. The van der Waals surface area contributed by atoms with Gasteiger partial charge in [0.15, 0.2) is 0 Å². The summed E-state index contributed by atoms with van der Waals surface area (Å²) in [5.41, 5.74) is 8.36. The molecule has 4 nitrogen and oxygen atoms in total. The van der Waals surface area contributed by atoms with Gasteiger partial charge in [-0.1, -0.05) is 12.1 Å². The van der Waals surface area contributed by atoms with Crippen LogP contribution in [0.3, 0.4) is 0 Å². The molecule has 1 atom stereocenters. The lowest BCUT2D eigenvalue weighted by Gasteiger charge is -2.28. The Morgan fingerprint density at radius 3 is 2.52 bits per heavy atom. The highest BCUT2D eigenvalue weighted by atomic mass is 16.5. The minimum Gasteiger partial charge on any atom is -0.493 e. The zero-order chi connectivity index (χ0) is 15.6. The molecule has 0 aliphatic heterocycles. The summed E-state index contributed by atoms with van der Waals surface area (Å²) in [6.07, 6.45) is 2.82. The highest BCUT2D eigenvalue weighted by molar-refractivity contribution is 5.84. The van der Waals surface area contributed by atoms with Crippen LogP contribution in [0.15, 0.2) is 12.1 Å². The van der Waals surface area contributed by atoms with Crippen LogP contribution in [0.2, 0.25) is 0 Å². The fourth-order valence-corrected chi connectivity index (χ4v) is 2.45. The number of aryl methyl sites for hydroxylation is 2. The second-order valence-corrected chi connectivity index (χ2v) is 6.37. The van der Waals surface area contributed by atoms with E-state index < -0.39 is 5.54 Å². The standard InChI is InChI=1S/C17H26N2O2/c1-11-5-6-12(2)15(13(11)3)21-10-9-17(4,16(18)20)19-14-7-8-14/h5-6,14,19H,7-10H2,1-4H3,(H2,18,20). The van der Waals surface area contributed by atoms with Crippen molar-refractivity contribution in [2.75, 3.05) is 6.61 Å². The monoisotopic (exact) mass is 290 g/mol. The minimum atomic E-state index is -0.688. The van der Waals surface area contributed by atoms with Gasteiger partial charge in [0.05, 0.1) is 12.1 Å². The van der Waals surface area contributed by atoms with Crippen LogP contribution in [0.5, 0.6) is 5.75 Å². The SMILES string of the molecule is Cc1ccc(C)c(OCCC(C)(NC2CC2)C(N)=O)c1C. The van der Waals surface area contributed by atoms with Crippen LogP contribution in [0, 0.1) is 20.8 Å². The van der Waals surface area contributed by atoms with Crippen molar-refractivity contribution in [3.63, 3.8) is 0 Å². The highest BCUT2D eigenvalue weighted by Crippen LogP contribution is 2.27. The smallest absolute Gasteiger partial charge is 0.237 e. The Kier molecular flexibility index (Phi) is 4.57. The average molecular weight is 290 g/mol. The lowest BCUT2D eigenvalue weighted by molar-refractivity contribution is -0.124. The van der Waals surface area contributed by atoms with E-state index >= 15 is 0 Å². The average Bonchev–Trinajstić information content (AvgIpc) is 3.22. The number of rotatable bonds is 7. The van der Waals surface area contributed by atoms with Gasteiger partial charge in [-0.15, -0.1) is 0 Å². The maximum Gasteiger partial charge on any atom is 0.237 e. The van der Waals surface area contributed by atoms with Crippen molar-refractivity contribution in [1.82, 2.24) is 5.32 Å². The van der Waals surface area contributed by atoms with Crippen molar-refractivity contribution in [3.8, 4) is 5.75 Å². The fourth-order valence-electron chi connectivity index (χ4n) is 2.45. The molecule has 2 rings (SSSR count).